The summed E-state index contributed by atoms with van der Waals surface area (Å²) in [4.78, 5) is 11.1. The third-order valence-electron chi connectivity index (χ3n) is 3.30. The Balaban J connectivity index is -0.000000347. The van der Waals surface area contributed by atoms with Crippen molar-refractivity contribution in [3.63, 3.8) is 0 Å². The molecule has 27 heavy (non-hydrogen) atoms. The quantitative estimate of drug-likeness (QED) is 0.491. The average molecular weight is 377 g/mol. The van der Waals surface area contributed by atoms with E-state index in [0.717, 1.165) is 23.1 Å². The number of allylic oxidation sites excluding steroid dienone is 3. The van der Waals surface area contributed by atoms with Gasteiger partial charge in [-0.05, 0) is 45.2 Å². The van der Waals surface area contributed by atoms with Crippen LogP contribution in [0.25, 0.3) is 0 Å². The monoisotopic (exact) mass is 376 g/mol. The van der Waals surface area contributed by atoms with Crippen molar-refractivity contribution in [2.75, 3.05) is 6.54 Å². The molecule has 0 aromatic heterocycles. The lowest BCUT2D eigenvalue weighted by Crippen LogP contribution is -2.03. The average Bonchev–Trinajstić information content (AvgIpc) is 2.68. The minimum atomic E-state index is 0.0998. The van der Waals surface area contributed by atoms with Crippen molar-refractivity contribution in [1.82, 2.24) is 0 Å². The first kappa shape index (κ1) is 30.0. The maximum absolute atomic E-state index is 11.1. The van der Waals surface area contributed by atoms with Crippen molar-refractivity contribution >= 4 is 5.78 Å². The first-order chi connectivity index (χ1) is 12.8. The molecular weight excluding hydrogens is 332 g/mol. The second kappa shape index (κ2) is 20.6. The molecule has 4 N–H and O–H groups in total. The number of hydrogen-bond acceptors (Lipinski definition) is 3. The van der Waals surface area contributed by atoms with Crippen LogP contribution in [0, 0.1) is 0 Å². The topological polar surface area (TPSA) is 69.1 Å². The largest absolute Gasteiger partial charge is 0.327 e. The Labute approximate surface area is 168 Å². The molecule has 0 unspecified atom stereocenters. The molecule has 0 heterocycles. The first-order valence-electron chi connectivity index (χ1n) is 10.1. The van der Waals surface area contributed by atoms with Gasteiger partial charge < -0.3 is 11.5 Å². The van der Waals surface area contributed by atoms with Crippen molar-refractivity contribution in [3.8, 4) is 0 Å². The van der Waals surface area contributed by atoms with Gasteiger partial charge in [-0.1, -0.05) is 82.5 Å². The van der Waals surface area contributed by atoms with Gasteiger partial charge in [0.05, 0.1) is 0 Å². The number of Topliss-reactive ketones (excluding diaryl/α,β-unsaturated/α-hetero) is 1. The Hall–Kier alpha value is -1.71. The van der Waals surface area contributed by atoms with Crippen molar-refractivity contribution in [3.05, 3.63) is 58.2 Å². The molecule has 156 valence electrons. The van der Waals surface area contributed by atoms with Crippen LogP contribution >= 0.6 is 0 Å². The van der Waals surface area contributed by atoms with E-state index in [9.17, 15) is 4.79 Å². The summed E-state index contributed by atoms with van der Waals surface area (Å²) in [5.74, 6) is 0.0998. The van der Waals surface area contributed by atoms with Crippen LogP contribution in [0.15, 0.2) is 47.1 Å². The third-order valence-corrected chi connectivity index (χ3v) is 3.30. The van der Waals surface area contributed by atoms with Gasteiger partial charge in [-0.15, -0.1) is 0 Å². The second-order valence-corrected chi connectivity index (χ2v) is 6.25. The molecule has 0 aliphatic carbocycles. The highest BCUT2D eigenvalue weighted by atomic mass is 16.1. The lowest BCUT2D eigenvalue weighted by atomic mass is 10.0. The molecule has 0 aliphatic heterocycles. The van der Waals surface area contributed by atoms with Crippen molar-refractivity contribution < 1.29 is 4.79 Å². The molecule has 0 atom stereocenters. The molecule has 0 aliphatic rings. The van der Waals surface area contributed by atoms with E-state index in [2.05, 4.69) is 45.0 Å². The summed E-state index contributed by atoms with van der Waals surface area (Å²) in [5.41, 5.74) is 16.3. The highest BCUT2D eigenvalue weighted by molar-refractivity contribution is 5.96. The summed E-state index contributed by atoms with van der Waals surface area (Å²) < 4.78 is 0. The molecule has 1 aromatic carbocycles. The van der Waals surface area contributed by atoms with E-state index >= 15 is 0 Å². The molecule has 0 amide bonds. The summed E-state index contributed by atoms with van der Waals surface area (Å²) in [6.45, 7) is 18.9. The molecular formula is C24H44N2O. The zero-order valence-corrected chi connectivity index (χ0v) is 19.3. The molecule has 1 rings (SSSR count). The normalized spacial score (nSPS) is 9.52. The van der Waals surface area contributed by atoms with Crippen LogP contribution in [0.1, 0.15) is 79.9 Å². The standard InChI is InChI=1S/C10H17NO.C9H13N.C3H8.C2H6/c1-7(2)10(9(4)12)5-8(3)6-11;1-2-8-3-5-9(7-10)6-4-8;1-3-2;1-2/h5H,6,11H2,1-4H3;3-6H,2,7,10H2,1H3;3H2,1-2H3;1-2H3/b8-5-;;;. The number of nitrogens with two attached hydrogens (primary N) is 2. The number of rotatable bonds is 5. The SMILES string of the molecule is CC.CC(=O)C(/C=C(/C)CN)=C(C)C.CCC.CCc1ccc(CN)cc1. The molecule has 0 fully saturated rings. The summed E-state index contributed by atoms with van der Waals surface area (Å²) in [7, 11) is 0. The second-order valence-electron chi connectivity index (χ2n) is 6.25. The molecule has 3 heteroatoms. The summed E-state index contributed by atoms with van der Waals surface area (Å²) >= 11 is 0. The molecule has 0 bridgehead atoms. The minimum Gasteiger partial charge on any atom is -0.327 e. The van der Waals surface area contributed by atoms with Gasteiger partial charge in [0.1, 0.15) is 0 Å². The van der Waals surface area contributed by atoms with Crippen LogP contribution in [0.4, 0.5) is 0 Å². The summed E-state index contributed by atoms with van der Waals surface area (Å²) in [6, 6.07) is 8.42. The van der Waals surface area contributed by atoms with Gasteiger partial charge in [0.25, 0.3) is 0 Å². The van der Waals surface area contributed by atoms with Gasteiger partial charge in [-0.3, -0.25) is 4.79 Å². The van der Waals surface area contributed by atoms with E-state index in [4.69, 9.17) is 11.5 Å². The van der Waals surface area contributed by atoms with E-state index < -0.39 is 0 Å². The molecule has 0 saturated carbocycles. The lowest BCUT2D eigenvalue weighted by molar-refractivity contribution is -0.113. The maximum Gasteiger partial charge on any atom is 0.159 e. The van der Waals surface area contributed by atoms with E-state index in [1.165, 1.54) is 17.5 Å². The van der Waals surface area contributed by atoms with Crippen LogP contribution in [0.5, 0.6) is 0 Å². The van der Waals surface area contributed by atoms with Crippen molar-refractivity contribution in [2.45, 2.75) is 81.7 Å². The first-order valence-corrected chi connectivity index (χ1v) is 10.1. The fourth-order valence-corrected chi connectivity index (χ4v) is 1.81. The fourth-order valence-electron chi connectivity index (χ4n) is 1.81. The Bertz CT molecular complexity index is 513. The van der Waals surface area contributed by atoms with Gasteiger partial charge in [0.2, 0.25) is 0 Å². The highest BCUT2D eigenvalue weighted by Gasteiger charge is 2.01. The van der Waals surface area contributed by atoms with Gasteiger partial charge in [0, 0.05) is 18.7 Å². The Morgan fingerprint density at radius 2 is 1.30 bits per heavy atom. The Morgan fingerprint density at radius 3 is 1.56 bits per heavy atom. The van der Waals surface area contributed by atoms with Crippen LogP contribution < -0.4 is 11.5 Å². The fraction of sp³-hybridized carbons (Fsp3) is 0.542. The minimum absolute atomic E-state index is 0.0998. The molecule has 0 saturated heterocycles. The van der Waals surface area contributed by atoms with Crippen LogP contribution in [0.3, 0.4) is 0 Å². The smallest absolute Gasteiger partial charge is 0.159 e. The Morgan fingerprint density at radius 1 is 0.889 bits per heavy atom. The highest BCUT2D eigenvalue weighted by Crippen LogP contribution is 2.08. The number of hydrogen-bond donors (Lipinski definition) is 2. The predicted octanol–water partition coefficient (Wildman–Crippen LogP) is 5.97. The Kier molecular flexibility index (Phi) is 22.9. The third kappa shape index (κ3) is 17.5. The molecule has 0 spiro atoms. The predicted molar refractivity (Wildman–Crippen MR) is 123 cm³/mol. The number of carbonyl (C=O) groups is 1. The van der Waals surface area contributed by atoms with Gasteiger partial charge >= 0.3 is 0 Å². The van der Waals surface area contributed by atoms with Crippen LogP contribution in [0.2, 0.25) is 0 Å². The molecule has 1 aromatic rings. The molecule has 3 nitrogen and oxygen atoms in total. The summed E-state index contributed by atoms with van der Waals surface area (Å²) in [5, 5.41) is 0. The number of ketones is 1. The number of carbonyl (C=O) groups excluding carboxylic acids is 1. The van der Waals surface area contributed by atoms with Crippen molar-refractivity contribution in [1.29, 1.82) is 0 Å². The van der Waals surface area contributed by atoms with E-state index in [1.54, 1.807) is 6.92 Å². The van der Waals surface area contributed by atoms with Gasteiger partial charge in [-0.25, -0.2) is 0 Å². The van der Waals surface area contributed by atoms with E-state index in [1.807, 2.05) is 40.7 Å². The van der Waals surface area contributed by atoms with Crippen LogP contribution in [-0.4, -0.2) is 12.3 Å². The number of aryl methyl sites for hydroxylation is 1. The van der Waals surface area contributed by atoms with E-state index in [-0.39, 0.29) is 5.78 Å². The zero-order chi connectivity index (χ0) is 21.8. The van der Waals surface area contributed by atoms with Gasteiger partial charge in [-0.2, -0.15) is 0 Å². The molecule has 0 radical (unpaired) electrons. The van der Waals surface area contributed by atoms with Crippen molar-refractivity contribution in [2.24, 2.45) is 11.5 Å². The lowest BCUT2D eigenvalue weighted by Gasteiger charge is -2.01. The maximum atomic E-state index is 11.1. The number of benzene rings is 1. The van der Waals surface area contributed by atoms with E-state index in [0.29, 0.717) is 13.1 Å². The zero-order valence-electron chi connectivity index (χ0n) is 19.3. The summed E-state index contributed by atoms with van der Waals surface area (Å²) in [6.07, 6.45) is 4.21. The van der Waals surface area contributed by atoms with Gasteiger partial charge in [0.15, 0.2) is 5.78 Å². The van der Waals surface area contributed by atoms with Crippen LogP contribution in [-0.2, 0) is 17.8 Å².